The van der Waals surface area contributed by atoms with E-state index in [9.17, 15) is 0 Å². The summed E-state index contributed by atoms with van der Waals surface area (Å²) in [6.45, 7) is 6.08. The molecular formula is C8H13NO. The molecule has 2 aliphatic rings. The monoisotopic (exact) mass is 139 g/mol. The maximum absolute atomic E-state index is 5.54. The molecule has 0 bridgehead atoms. The summed E-state index contributed by atoms with van der Waals surface area (Å²) in [7, 11) is 0. The van der Waals surface area contributed by atoms with Crippen molar-refractivity contribution in [3.8, 4) is 0 Å². The Kier molecular flexibility index (Phi) is 1.42. The standard InChI is InChI=1S/C8H13NO/c1-7-3-4-8-9(7)5-2-6-10-8/h8H,1-6H2. The van der Waals surface area contributed by atoms with Gasteiger partial charge in [-0.05, 0) is 19.3 Å². The van der Waals surface area contributed by atoms with Crippen LogP contribution in [0.3, 0.4) is 0 Å². The van der Waals surface area contributed by atoms with Gasteiger partial charge < -0.3 is 9.64 Å². The molecule has 0 spiro atoms. The number of allylic oxidation sites excluding steroid dienone is 1. The molecule has 56 valence electrons. The average Bonchev–Trinajstić information content (AvgIpc) is 2.34. The van der Waals surface area contributed by atoms with E-state index in [-0.39, 0.29) is 0 Å². The van der Waals surface area contributed by atoms with Crippen molar-refractivity contribution < 1.29 is 4.74 Å². The first-order chi connectivity index (χ1) is 4.88. The lowest BCUT2D eigenvalue weighted by atomic mass is 10.3. The number of fused-ring (bicyclic) bond motifs is 1. The third kappa shape index (κ3) is 0.833. The fourth-order valence-corrected chi connectivity index (χ4v) is 1.72. The van der Waals surface area contributed by atoms with Gasteiger partial charge in [0, 0.05) is 12.2 Å². The predicted octanol–water partition coefficient (Wildman–Crippen LogP) is 1.34. The van der Waals surface area contributed by atoms with Gasteiger partial charge in [-0.3, -0.25) is 0 Å². The summed E-state index contributed by atoms with van der Waals surface area (Å²) in [5.74, 6) is 0. The summed E-state index contributed by atoms with van der Waals surface area (Å²) >= 11 is 0. The van der Waals surface area contributed by atoms with Gasteiger partial charge in [0.15, 0.2) is 0 Å². The molecule has 1 atom stereocenters. The van der Waals surface area contributed by atoms with Gasteiger partial charge in [-0.2, -0.15) is 0 Å². The Morgan fingerprint density at radius 1 is 1.60 bits per heavy atom. The Hall–Kier alpha value is -0.500. The van der Waals surface area contributed by atoms with Crippen molar-refractivity contribution >= 4 is 0 Å². The van der Waals surface area contributed by atoms with E-state index < -0.39 is 0 Å². The maximum atomic E-state index is 5.54. The van der Waals surface area contributed by atoms with Crippen LogP contribution >= 0.6 is 0 Å². The van der Waals surface area contributed by atoms with Crippen LogP contribution in [0.2, 0.25) is 0 Å². The summed E-state index contributed by atoms with van der Waals surface area (Å²) in [6, 6.07) is 0. The van der Waals surface area contributed by atoms with E-state index in [1.54, 1.807) is 0 Å². The zero-order valence-corrected chi connectivity index (χ0v) is 6.18. The Morgan fingerprint density at radius 2 is 2.50 bits per heavy atom. The molecule has 0 aromatic carbocycles. The molecule has 10 heavy (non-hydrogen) atoms. The molecule has 2 nitrogen and oxygen atoms in total. The fraction of sp³-hybridized carbons (Fsp3) is 0.750. The fourth-order valence-electron chi connectivity index (χ4n) is 1.72. The van der Waals surface area contributed by atoms with Gasteiger partial charge in [0.2, 0.25) is 0 Å². The van der Waals surface area contributed by atoms with E-state index >= 15 is 0 Å². The van der Waals surface area contributed by atoms with Crippen molar-refractivity contribution in [3.63, 3.8) is 0 Å². The Labute approximate surface area is 61.5 Å². The lowest BCUT2D eigenvalue weighted by Gasteiger charge is -2.31. The van der Waals surface area contributed by atoms with Gasteiger partial charge in [0.25, 0.3) is 0 Å². The highest BCUT2D eigenvalue weighted by Crippen LogP contribution is 2.29. The number of hydrogen-bond donors (Lipinski definition) is 0. The normalized spacial score (nSPS) is 32.6. The minimum Gasteiger partial charge on any atom is -0.358 e. The largest absolute Gasteiger partial charge is 0.358 e. The van der Waals surface area contributed by atoms with E-state index in [1.165, 1.54) is 5.70 Å². The first kappa shape index (κ1) is 6.23. The molecule has 0 aromatic rings. The first-order valence-electron chi connectivity index (χ1n) is 3.94. The van der Waals surface area contributed by atoms with E-state index in [1.807, 2.05) is 0 Å². The van der Waals surface area contributed by atoms with Crippen molar-refractivity contribution in [3.05, 3.63) is 12.3 Å². The van der Waals surface area contributed by atoms with Crippen LogP contribution in [-0.2, 0) is 4.74 Å². The van der Waals surface area contributed by atoms with Crippen LogP contribution in [0.4, 0.5) is 0 Å². The molecule has 2 aliphatic heterocycles. The number of nitrogens with zero attached hydrogens (tertiary/aromatic N) is 1. The second-order valence-electron chi connectivity index (χ2n) is 2.98. The Balaban J connectivity index is 2.08. The predicted molar refractivity (Wildman–Crippen MR) is 39.4 cm³/mol. The van der Waals surface area contributed by atoms with Gasteiger partial charge in [-0.15, -0.1) is 0 Å². The van der Waals surface area contributed by atoms with E-state index in [4.69, 9.17) is 4.74 Å². The van der Waals surface area contributed by atoms with Crippen LogP contribution in [0.15, 0.2) is 12.3 Å². The van der Waals surface area contributed by atoms with Crippen molar-refractivity contribution in [1.29, 1.82) is 0 Å². The van der Waals surface area contributed by atoms with E-state index in [2.05, 4.69) is 11.5 Å². The first-order valence-corrected chi connectivity index (χ1v) is 3.94. The van der Waals surface area contributed by atoms with Crippen LogP contribution in [-0.4, -0.2) is 24.3 Å². The molecule has 2 saturated heterocycles. The van der Waals surface area contributed by atoms with Crippen molar-refractivity contribution in [2.45, 2.75) is 25.5 Å². The number of ether oxygens (including phenoxy) is 1. The molecule has 0 aromatic heterocycles. The van der Waals surface area contributed by atoms with Crippen molar-refractivity contribution in [2.75, 3.05) is 13.2 Å². The number of rotatable bonds is 0. The summed E-state index contributed by atoms with van der Waals surface area (Å²) in [5, 5.41) is 0. The molecular weight excluding hydrogens is 126 g/mol. The molecule has 0 radical (unpaired) electrons. The smallest absolute Gasteiger partial charge is 0.130 e. The highest BCUT2D eigenvalue weighted by molar-refractivity contribution is 5.02. The lowest BCUT2D eigenvalue weighted by molar-refractivity contribution is -0.0611. The zero-order valence-electron chi connectivity index (χ0n) is 6.18. The Bertz CT molecular complexity index is 155. The molecule has 2 fully saturated rings. The van der Waals surface area contributed by atoms with Gasteiger partial charge in [0.05, 0.1) is 6.61 Å². The lowest BCUT2D eigenvalue weighted by Crippen LogP contribution is -2.36. The van der Waals surface area contributed by atoms with Crippen molar-refractivity contribution in [1.82, 2.24) is 4.90 Å². The third-order valence-electron chi connectivity index (χ3n) is 2.29. The molecule has 0 saturated carbocycles. The van der Waals surface area contributed by atoms with Crippen LogP contribution in [0.1, 0.15) is 19.3 Å². The maximum Gasteiger partial charge on any atom is 0.130 e. The van der Waals surface area contributed by atoms with Gasteiger partial charge >= 0.3 is 0 Å². The van der Waals surface area contributed by atoms with Crippen LogP contribution < -0.4 is 0 Å². The molecule has 2 heterocycles. The van der Waals surface area contributed by atoms with Gasteiger partial charge in [-0.1, -0.05) is 6.58 Å². The molecule has 2 rings (SSSR count). The average molecular weight is 139 g/mol. The molecule has 1 unspecified atom stereocenters. The quantitative estimate of drug-likeness (QED) is 0.502. The highest BCUT2D eigenvalue weighted by Gasteiger charge is 2.29. The second kappa shape index (κ2) is 2.27. The summed E-state index contributed by atoms with van der Waals surface area (Å²) < 4.78 is 5.54. The van der Waals surface area contributed by atoms with Crippen LogP contribution in [0.5, 0.6) is 0 Å². The van der Waals surface area contributed by atoms with Crippen LogP contribution in [0.25, 0.3) is 0 Å². The summed E-state index contributed by atoms with van der Waals surface area (Å²) in [4.78, 5) is 2.30. The minimum atomic E-state index is 0.376. The molecule has 2 heteroatoms. The van der Waals surface area contributed by atoms with Crippen LogP contribution in [0, 0.1) is 0 Å². The van der Waals surface area contributed by atoms with E-state index in [0.717, 1.165) is 32.4 Å². The van der Waals surface area contributed by atoms with Crippen molar-refractivity contribution in [2.24, 2.45) is 0 Å². The topological polar surface area (TPSA) is 12.5 Å². The Morgan fingerprint density at radius 3 is 3.30 bits per heavy atom. The van der Waals surface area contributed by atoms with Gasteiger partial charge in [-0.25, -0.2) is 0 Å². The number of hydrogen-bond acceptors (Lipinski definition) is 2. The van der Waals surface area contributed by atoms with Gasteiger partial charge in [0.1, 0.15) is 6.23 Å². The third-order valence-corrected chi connectivity index (χ3v) is 2.29. The minimum absolute atomic E-state index is 0.376. The van der Waals surface area contributed by atoms with E-state index in [0.29, 0.717) is 6.23 Å². The molecule has 0 N–H and O–H groups in total. The SMILES string of the molecule is C=C1CCC2OCCCN12. The zero-order chi connectivity index (χ0) is 6.97. The molecule has 0 aliphatic carbocycles. The summed E-state index contributed by atoms with van der Waals surface area (Å²) in [6.07, 6.45) is 3.82. The summed E-state index contributed by atoms with van der Waals surface area (Å²) in [5.41, 5.74) is 1.27. The molecule has 0 amide bonds. The second-order valence-corrected chi connectivity index (χ2v) is 2.98. The highest BCUT2D eigenvalue weighted by atomic mass is 16.5.